The second-order valence-corrected chi connectivity index (χ2v) is 7.10. The first-order valence-electron chi connectivity index (χ1n) is 8.59. The molecule has 2 aromatic rings. The average molecular weight is 387 g/mol. The molecule has 0 spiro atoms. The summed E-state index contributed by atoms with van der Waals surface area (Å²) in [5, 5.41) is 3.89. The zero-order valence-corrected chi connectivity index (χ0v) is 16.2. The minimum atomic E-state index is -0.102. The summed E-state index contributed by atoms with van der Waals surface area (Å²) in [5.41, 5.74) is 1.63. The van der Waals surface area contributed by atoms with E-state index < -0.39 is 0 Å². The van der Waals surface area contributed by atoms with Crippen LogP contribution in [0.2, 0.25) is 0 Å². The molecule has 0 radical (unpaired) electrons. The normalized spacial score (nSPS) is 16.8. The third-order valence-corrected chi connectivity index (χ3v) is 5.33. The van der Waals surface area contributed by atoms with Crippen LogP contribution in [0.3, 0.4) is 0 Å². The molecule has 1 fully saturated rings. The zero-order valence-electron chi connectivity index (χ0n) is 15.4. The number of rotatable bonds is 5. The summed E-state index contributed by atoms with van der Waals surface area (Å²) < 4.78 is 10.7. The van der Waals surface area contributed by atoms with E-state index in [0.717, 1.165) is 18.7 Å². The molecule has 3 heterocycles. The van der Waals surface area contributed by atoms with Gasteiger partial charge in [0.1, 0.15) is 17.3 Å². The van der Waals surface area contributed by atoms with Crippen molar-refractivity contribution in [2.24, 2.45) is 0 Å². The number of fused-ring (bicyclic) bond motifs is 1. The van der Waals surface area contributed by atoms with E-state index in [9.17, 15) is 4.79 Å². The van der Waals surface area contributed by atoms with Gasteiger partial charge in [0.2, 0.25) is 0 Å². The number of nitrogens with zero attached hydrogens (tertiary/aromatic N) is 4. The van der Waals surface area contributed by atoms with Crippen LogP contribution in [0.25, 0.3) is 0 Å². The number of methoxy groups -OCH3 is 2. The SMILES string of the molecule is COc1cc(OC)cc(N2Cc3cnc(SC)nc3N(C3CNC3)C2=O)c1. The van der Waals surface area contributed by atoms with Gasteiger partial charge in [-0.25, -0.2) is 14.8 Å². The quantitative estimate of drug-likeness (QED) is 0.622. The lowest BCUT2D eigenvalue weighted by atomic mass is 10.1. The highest BCUT2D eigenvalue weighted by Crippen LogP contribution is 2.36. The molecule has 27 heavy (non-hydrogen) atoms. The molecule has 0 atom stereocenters. The first kappa shape index (κ1) is 17.9. The molecule has 1 aromatic carbocycles. The van der Waals surface area contributed by atoms with Crippen molar-refractivity contribution in [1.29, 1.82) is 0 Å². The Morgan fingerprint density at radius 3 is 2.44 bits per heavy atom. The zero-order chi connectivity index (χ0) is 19.0. The van der Waals surface area contributed by atoms with E-state index in [2.05, 4.69) is 15.3 Å². The molecule has 2 aliphatic heterocycles. The minimum absolute atomic E-state index is 0.0798. The van der Waals surface area contributed by atoms with Crippen molar-refractivity contribution in [2.75, 3.05) is 43.4 Å². The highest BCUT2D eigenvalue weighted by atomic mass is 32.2. The number of anilines is 2. The Balaban J connectivity index is 1.78. The van der Waals surface area contributed by atoms with Gasteiger partial charge in [-0.1, -0.05) is 11.8 Å². The number of hydrogen-bond acceptors (Lipinski definition) is 7. The van der Waals surface area contributed by atoms with Crippen molar-refractivity contribution in [3.63, 3.8) is 0 Å². The summed E-state index contributed by atoms with van der Waals surface area (Å²) in [6, 6.07) is 5.43. The maximum atomic E-state index is 13.4. The molecule has 0 saturated carbocycles. The van der Waals surface area contributed by atoms with Gasteiger partial charge in [0.25, 0.3) is 0 Å². The van der Waals surface area contributed by atoms with Gasteiger partial charge in [-0.05, 0) is 6.26 Å². The van der Waals surface area contributed by atoms with Gasteiger partial charge >= 0.3 is 6.03 Å². The number of carbonyl (C=O) groups is 1. The molecule has 1 N–H and O–H groups in total. The third kappa shape index (κ3) is 3.17. The monoisotopic (exact) mass is 387 g/mol. The Kier molecular flexibility index (Phi) is 4.79. The van der Waals surface area contributed by atoms with Crippen molar-refractivity contribution in [2.45, 2.75) is 17.7 Å². The van der Waals surface area contributed by atoms with Crippen LogP contribution in [0, 0.1) is 0 Å². The van der Waals surface area contributed by atoms with Crippen LogP contribution in [0.15, 0.2) is 29.6 Å². The standard InChI is InChI=1S/C18H21N5O3S/c1-25-14-4-12(5-15(6-14)26-2)22-10-11-7-20-17(27-3)21-16(11)23(18(22)24)13-8-19-9-13/h4-7,13,19H,8-10H2,1-3H3. The van der Waals surface area contributed by atoms with E-state index in [-0.39, 0.29) is 12.1 Å². The smallest absolute Gasteiger partial charge is 0.330 e. The molecule has 0 bridgehead atoms. The number of ether oxygens (including phenoxy) is 2. The van der Waals surface area contributed by atoms with Gasteiger partial charge in [0.05, 0.1) is 32.5 Å². The Labute approximate surface area is 161 Å². The van der Waals surface area contributed by atoms with Crippen molar-refractivity contribution >= 4 is 29.3 Å². The number of thioether (sulfide) groups is 1. The maximum Gasteiger partial charge on any atom is 0.330 e. The lowest BCUT2D eigenvalue weighted by Crippen LogP contribution is -2.63. The van der Waals surface area contributed by atoms with Gasteiger partial charge in [0, 0.05) is 43.0 Å². The van der Waals surface area contributed by atoms with E-state index >= 15 is 0 Å². The highest BCUT2D eigenvalue weighted by molar-refractivity contribution is 7.98. The van der Waals surface area contributed by atoms with Gasteiger partial charge in [-0.2, -0.15) is 0 Å². The largest absolute Gasteiger partial charge is 0.497 e. The molecule has 0 unspecified atom stereocenters. The fourth-order valence-electron chi connectivity index (χ4n) is 3.19. The molecular weight excluding hydrogens is 366 g/mol. The lowest BCUT2D eigenvalue weighted by molar-refractivity contribution is 0.243. The van der Waals surface area contributed by atoms with Gasteiger partial charge in [-0.3, -0.25) is 9.80 Å². The van der Waals surface area contributed by atoms with Gasteiger partial charge in [-0.15, -0.1) is 0 Å². The summed E-state index contributed by atoms with van der Waals surface area (Å²) >= 11 is 1.47. The number of hydrogen-bond donors (Lipinski definition) is 1. The molecular formula is C18H21N5O3S. The summed E-state index contributed by atoms with van der Waals surface area (Å²) in [6.07, 6.45) is 3.74. The number of benzene rings is 1. The predicted molar refractivity (Wildman–Crippen MR) is 104 cm³/mol. The van der Waals surface area contributed by atoms with Crippen LogP contribution >= 0.6 is 11.8 Å². The number of nitrogens with one attached hydrogen (secondary N) is 1. The van der Waals surface area contributed by atoms with E-state index in [1.54, 1.807) is 30.1 Å². The Bertz CT molecular complexity index is 852. The van der Waals surface area contributed by atoms with Gasteiger partial charge < -0.3 is 14.8 Å². The van der Waals surface area contributed by atoms with Gasteiger partial charge in [0.15, 0.2) is 5.16 Å². The summed E-state index contributed by atoms with van der Waals surface area (Å²) in [4.78, 5) is 25.9. The Hall–Kier alpha value is -2.52. The number of aromatic nitrogens is 2. The fourth-order valence-corrected chi connectivity index (χ4v) is 3.53. The molecule has 142 valence electrons. The lowest BCUT2D eigenvalue weighted by Gasteiger charge is -2.43. The summed E-state index contributed by atoms with van der Waals surface area (Å²) in [6.45, 7) is 1.90. The van der Waals surface area contributed by atoms with E-state index in [0.29, 0.717) is 34.7 Å². The van der Waals surface area contributed by atoms with Crippen molar-refractivity contribution < 1.29 is 14.3 Å². The van der Waals surface area contributed by atoms with E-state index in [1.807, 2.05) is 24.6 Å². The summed E-state index contributed by atoms with van der Waals surface area (Å²) in [5.74, 6) is 1.97. The number of amides is 2. The number of urea groups is 1. The Morgan fingerprint density at radius 1 is 1.19 bits per heavy atom. The average Bonchev–Trinajstić information content (AvgIpc) is 2.67. The van der Waals surface area contributed by atoms with E-state index in [4.69, 9.17) is 9.47 Å². The van der Waals surface area contributed by atoms with Crippen LogP contribution < -0.4 is 24.6 Å². The van der Waals surface area contributed by atoms with Crippen LogP contribution in [-0.4, -0.2) is 55.6 Å². The first-order valence-corrected chi connectivity index (χ1v) is 9.81. The fraction of sp³-hybridized carbons (Fsp3) is 0.389. The molecule has 2 amide bonds. The number of carbonyl (C=O) groups excluding carboxylic acids is 1. The molecule has 4 rings (SSSR count). The van der Waals surface area contributed by atoms with Crippen LogP contribution in [0.4, 0.5) is 16.3 Å². The molecule has 9 heteroatoms. The second kappa shape index (κ2) is 7.24. The minimum Gasteiger partial charge on any atom is -0.497 e. The third-order valence-electron chi connectivity index (χ3n) is 4.77. The molecule has 1 aromatic heterocycles. The van der Waals surface area contributed by atoms with Crippen LogP contribution in [0.5, 0.6) is 11.5 Å². The van der Waals surface area contributed by atoms with Crippen LogP contribution in [0.1, 0.15) is 5.56 Å². The second-order valence-electron chi connectivity index (χ2n) is 6.33. The van der Waals surface area contributed by atoms with Crippen LogP contribution in [-0.2, 0) is 6.54 Å². The maximum absolute atomic E-state index is 13.4. The summed E-state index contributed by atoms with van der Waals surface area (Å²) in [7, 11) is 3.19. The molecule has 0 aliphatic carbocycles. The highest BCUT2D eigenvalue weighted by Gasteiger charge is 2.39. The Morgan fingerprint density at radius 2 is 1.89 bits per heavy atom. The first-order chi connectivity index (χ1) is 13.1. The molecule has 1 saturated heterocycles. The van der Waals surface area contributed by atoms with Crippen molar-refractivity contribution in [3.8, 4) is 11.5 Å². The van der Waals surface area contributed by atoms with Crippen molar-refractivity contribution in [3.05, 3.63) is 30.0 Å². The van der Waals surface area contributed by atoms with Crippen molar-refractivity contribution in [1.82, 2.24) is 15.3 Å². The molecule has 2 aliphatic rings. The topological polar surface area (TPSA) is 79.8 Å². The van der Waals surface area contributed by atoms with E-state index in [1.165, 1.54) is 11.8 Å². The predicted octanol–water partition coefficient (Wildman–Crippen LogP) is 2.13. The molecule has 8 nitrogen and oxygen atoms in total.